The summed E-state index contributed by atoms with van der Waals surface area (Å²) in [5.74, 6) is 0. The van der Waals surface area contributed by atoms with Crippen molar-refractivity contribution in [2.75, 3.05) is 0 Å². The zero-order valence-electron chi connectivity index (χ0n) is 7.33. The molecular formula is C10H9BrOS2. The third-order valence-corrected chi connectivity index (χ3v) is 4.20. The normalized spacial score (nSPS) is 11.1. The van der Waals surface area contributed by atoms with Gasteiger partial charge in [-0.3, -0.25) is 0 Å². The van der Waals surface area contributed by atoms with Crippen molar-refractivity contribution >= 4 is 50.0 Å². The van der Waals surface area contributed by atoms with E-state index in [-0.39, 0.29) is 6.61 Å². The molecule has 0 saturated carbocycles. The van der Waals surface area contributed by atoms with Crippen LogP contribution in [0.3, 0.4) is 0 Å². The Morgan fingerprint density at radius 2 is 2.21 bits per heavy atom. The third kappa shape index (κ3) is 1.72. The van der Waals surface area contributed by atoms with E-state index in [2.05, 4.69) is 34.6 Å². The highest BCUT2D eigenvalue weighted by Crippen LogP contribution is 2.33. The van der Waals surface area contributed by atoms with Crippen molar-refractivity contribution in [3.05, 3.63) is 29.3 Å². The first-order valence-corrected chi connectivity index (χ1v) is 6.55. The predicted octanol–water partition coefficient (Wildman–Crippen LogP) is 3.58. The highest BCUT2D eigenvalue weighted by Gasteiger charge is 2.08. The van der Waals surface area contributed by atoms with Crippen LogP contribution in [0.15, 0.2) is 22.4 Å². The van der Waals surface area contributed by atoms with Gasteiger partial charge in [-0.15, -0.1) is 24.0 Å². The monoisotopic (exact) mass is 288 g/mol. The van der Waals surface area contributed by atoms with E-state index in [1.807, 2.05) is 12.1 Å². The van der Waals surface area contributed by atoms with Gasteiger partial charge in [0.2, 0.25) is 0 Å². The first-order chi connectivity index (χ1) is 6.76. The molecule has 0 fully saturated rings. The van der Waals surface area contributed by atoms with Gasteiger partial charge in [0.25, 0.3) is 0 Å². The van der Waals surface area contributed by atoms with Gasteiger partial charge >= 0.3 is 0 Å². The van der Waals surface area contributed by atoms with Crippen LogP contribution in [0, 0.1) is 0 Å². The van der Waals surface area contributed by atoms with E-state index in [1.54, 1.807) is 11.3 Å². The minimum Gasteiger partial charge on any atom is -0.392 e. The zero-order chi connectivity index (χ0) is 10.1. The van der Waals surface area contributed by atoms with E-state index < -0.39 is 0 Å². The summed E-state index contributed by atoms with van der Waals surface area (Å²) in [7, 11) is 0. The fraction of sp³-hybridized carbons (Fsp3) is 0.200. The Balaban J connectivity index is 2.75. The molecule has 4 heteroatoms. The summed E-state index contributed by atoms with van der Waals surface area (Å²) in [5.41, 5.74) is 2.17. The number of thiol groups is 1. The Morgan fingerprint density at radius 3 is 2.86 bits per heavy atom. The van der Waals surface area contributed by atoms with Crippen molar-refractivity contribution < 1.29 is 5.11 Å². The van der Waals surface area contributed by atoms with Gasteiger partial charge in [-0.1, -0.05) is 28.1 Å². The van der Waals surface area contributed by atoms with Crippen LogP contribution in [0.2, 0.25) is 0 Å². The van der Waals surface area contributed by atoms with Gasteiger partial charge in [0, 0.05) is 10.0 Å². The Bertz CT molecular complexity index is 464. The third-order valence-electron chi connectivity index (χ3n) is 2.18. The Kier molecular flexibility index (Phi) is 3.17. The van der Waals surface area contributed by atoms with Gasteiger partial charge in [-0.25, -0.2) is 0 Å². The summed E-state index contributed by atoms with van der Waals surface area (Å²) < 4.78 is 2.14. The maximum Gasteiger partial charge on any atom is 0.0698 e. The second-order valence-electron chi connectivity index (χ2n) is 3.00. The minimum atomic E-state index is 0.0893. The zero-order valence-corrected chi connectivity index (χ0v) is 10.6. The van der Waals surface area contributed by atoms with E-state index in [1.165, 1.54) is 0 Å². The summed E-state index contributed by atoms with van der Waals surface area (Å²) in [6.45, 7) is 0.0893. The molecular weight excluding hydrogens is 280 g/mol. The fourth-order valence-electron chi connectivity index (χ4n) is 1.49. The second-order valence-corrected chi connectivity index (χ2v) is 5.40. The molecule has 0 radical (unpaired) electrons. The Hall–Kier alpha value is -0.0300. The molecule has 14 heavy (non-hydrogen) atoms. The van der Waals surface area contributed by atoms with E-state index >= 15 is 0 Å². The Morgan fingerprint density at radius 1 is 1.43 bits per heavy atom. The summed E-state index contributed by atoms with van der Waals surface area (Å²) in [6, 6.07) is 6.14. The first kappa shape index (κ1) is 10.5. The van der Waals surface area contributed by atoms with Gasteiger partial charge in [-0.05, 0) is 22.6 Å². The van der Waals surface area contributed by atoms with Crippen molar-refractivity contribution in [3.63, 3.8) is 0 Å². The molecule has 74 valence electrons. The summed E-state index contributed by atoms with van der Waals surface area (Å²) in [5, 5.41) is 11.3. The van der Waals surface area contributed by atoms with Gasteiger partial charge in [0.15, 0.2) is 0 Å². The highest BCUT2D eigenvalue weighted by molar-refractivity contribution is 9.08. The quantitative estimate of drug-likeness (QED) is 0.639. The Labute approximate surface area is 100 Å². The molecule has 2 aromatic rings. The minimum absolute atomic E-state index is 0.0893. The van der Waals surface area contributed by atoms with Crippen molar-refractivity contribution in [1.29, 1.82) is 0 Å². The first-order valence-electron chi connectivity index (χ1n) is 4.16. The van der Waals surface area contributed by atoms with Crippen LogP contribution >= 0.6 is 39.9 Å². The largest absolute Gasteiger partial charge is 0.392 e. The van der Waals surface area contributed by atoms with Crippen LogP contribution in [-0.4, -0.2) is 5.11 Å². The smallest absolute Gasteiger partial charge is 0.0698 e. The lowest BCUT2D eigenvalue weighted by Crippen LogP contribution is -1.90. The molecule has 0 amide bonds. The number of alkyl halides is 1. The molecule has 1 nitrogen and oxygen atoms in total. The maximum absolute atomic E-state index is 9.32. The van der Waals surface area contributed by atoms with Crippen LogP contribution in [0.1, 0.15) is 11.1 Å². The fourth-order valence-corrected chi connectivity index (χ4v) is 3.38. The number of aliphatic hydroxyl groups excluding tert-OH is 1. The van der Waals surface area contributed by atoms with Gasteiger partial charge in [-0.2, -0.15) is 0 Å². The SMILES string of the molecule is OCc1c(CBr)ccc2cc(S)sc12. The van der Waals surface area contributed by atoms with Crippen molar-refractivity contribution in [3.8, 4) is 0 Å². The molecule has 1 aromatic carbocycles. The van der Waals surface area contributed by atoms with Crippen LogP contribution < -0.4 is 0 Å². The lowest BCUT2D eigenvalue weighted by atomic mass is 10.1. The molecule has 0 saturated heterocycles. The standard InChI is InChI=1S/C10H9BrOS2/c11-4-7-2-1-6-3-9(13)14-10(6)8(7)5-12/h1-3,12-13H,4-5H2. The van der Waals surface area contributed by atoms with Gasteiger partial charge < -0.3 is 5.11 Å². The van der Waals surface area contributed by atoms with E-state index in [9.17, 15) is 5.11 Å². The topological polar surface area (TPSA) is 20.2 Å². The average molecular weight is 289 g/mol. The maximum atomic E-state index is 9.32. The summed E-state index contributed by atoms with van der Waals surface area (Å²) >= 11 is 9.35. The average Bonchev–Trinajstić information content (AvgIpc) is 2.56. The molecule has 0 unspecified atom stereocenters. The molecule has 0 atom stereocenters. The van der Waals surface area contributed by atoms with Gasteiger partial charge in [0.1, 0.15) is 0 Å². The predicted molar refractivity (Wildman–Crippen MR) is 67.6 cm³/mol. The lowest BCUT2D eigenvalue weighted by Gasteiger charge is -2.04. The van der Waals surface area contributed by atoms with Crippen LogP contribution in [0.5, 0.6) is 0 Å². The lowest BCUT2D eigenvalue weighted by molar-refractivity contribution is 0.282. The molecule has 0 aliphatic heterocycles. The molecule has 1 N–H and O–H groups in total. The highest BCUT2D eigenvalue weighted by atomic mass is 79.9. The van der Waals surface area contributed by atoms with E-state index in [4.69, 9.17) is 0 Å². The molecule has 1 heterocycles. The van der Waals surface area contributed by atoms with Crippen LogP contribution in [0.4, 0.5) is 0 Å². The molecule has 1 aromatic heterocycles. The number of thiophene rings is 1. The second kappa shape index (κ2) is 4.23. The summed E-state index contributed by atoms with van der Waals surface area (Å²) in [6.07, 6.45) is 0. The number of fused-ring (bicyclic) bond motifs is 1. The van der Waals surface area contributed by atoms with E-state index in [0.717, 1.165) is 30.8 Å². The number of rotatable bonds is 2. The van der Waals surface area contributed by atoms with E-state index in [0.29, 0.717) is 0 Å². The molecule has 2 rings (SSSR count). The number of aliphatic hydroxyl groups is 1. The van der Waals surface area contributed by atoms with Crippen molar-refractivity contribution in [2.24, 2.45) is 0 Å². The number of hydrogen-bond acceptors (Lipinski definition) is 3. The van der Waals surface area contributed by atoms with Crippen molar-refractivity contribution in [1.82, 2.24) is 0 Å². The van der Waals surface area contributed by atoms with Crippen LogP contribution in [0.25, 0.3) is 10.1 Å². The molecule has 0 aliphatic carbocycles. The van der Waals surface area contributed by atoms with Gasteiger partial charge in [0.05, 0.1) is 10.8 Å². The molecule has 0 bridgehead atoms. The molecule has 0 aliphatic rings. The van der Waals surface area contributed by atoms with Crippen molar-refractivity contribution in [2.45, 2.75) is 16.1 Å². The number of halogens is 1. The number of hydrogen-bond donors (Lipinski definition) is 2. The van der Waals surface area contributed by atoms with Crippen LogP contribution in [-0.2, 0) is 11.9 Å². The number of benzene rings is 1. The summed E-state index contributed by atoms with van der Waals surface area (Å²) in [4.78, 5) is 0. The molecule has 0 spiro atoms.